The van der Waals surface area contributed by atoms with Crippen LogP contribution in [-0.4, -0.2) is 52.4 Å². The fraction of sp³-hybridized carbons (Fsp3) is 0.474. The van der Waals surface area contributed by atoms with Crippen LogP contribution in [0.15, 0.2) is 24.3 Å². The molecule has 0 saturated carbocycles. The van der Waals surface area contributed by atoms with E-state index in [1.165, 1.54) is 0 Å². The van der Waals surface area contributed by atoms with E-state index in [9.17, 15) is 4.79 Å². The Morgan fingerprint density at radius 2 is 2.00 bits per heavy atom. The minimum Gasteiger partial charge on any atom is -0.341 e. The summed E-state index contributed by atoms with van der Waals surface area (Å²) in [4.78, 5) is 27.6. The third-order valence-electron chi connectivity index (χ3n) is 4.51. The molecule has 26 heavy (non-hydrogen) atoms. The summed E-state index contributed by atoms with van der Waals surface area (Å²) in [7, 11) is 1.80. The van der Waals surface area contributed by atoms with Crippen molar-refractivity contribution in [2.45, 2.75) is 32.6 Å². The zero-order valence-corrected chi connectivity index (χ0v) is 15.6. The highest BCUT2D eigenvalue weighted by atomic mass is 16.2. The minimum absolute atomic E-state index is 0.148. The van der Waals surface area contributed by atoms with Crippen LogP contribution in [0.3, 0.4) is 0 Å². The molecule has 0 spiro atoms. The average molecular weight is 354 g/mol. The lowest BCUT2D eigenvalue weighted by Crippen LogP contribution is -2.43. The maximum absolute atomic E-state index is 12.2. The molecule has 0 bridgehead atoms. The predicted octanol–water partition coefficient (Wildman–Crippen LogP) is 2.16. The van der Waals surface area contributed by atoms with Crippen molar-refractivity contribution >= 4 is 17.7 Å². The average Bonchev–Trinajstić information content (AvgIpc) is 2.61. The van der Waals surface area contributed by atoms with Gasteiger partial charge in [0, 0.05) is 36.1 Å². The predicted molar refractivity (Wildman–Crippen MR) is 102 cm³/mol. The van der Waals surface area contributed by atoms with E-state index >= 15 is 0 Å². The van der Waals surface area contributed by atoms with Crippen molar-refractivity contribution in [3.63, 3.8) is 0 Å². The van der Waals surface area contributed by atoms with Crippen LogP contribution in [0, 0.1) is 13.8 Å². The van der Waals surface area contributed by atoms with Crippen LogP contribution in [0.25, 0.3) is 0 Å². The van der Waals surface area contributed by atoms with Crippen molar-refractivity contribution in [2.24, 2.45) is 0 Å². The molecule has 138 valence electrons. The number of hydrogen-bond acceptors (Lipinski definition) is 6. The van der Waals surface area contributed by atoms with E-state index in [1.807, 2.05) is 43.0 Å². The number of nitrogens with one attached hydrogen (secondary N) is 2. The van der Waals surface area contributed by atoms with Gasteiger partial charge in [-0.1, -0.05) is 6.07 Å². The Morgan fingerprint density at radius 3 is 2.73 bits per heavy atom. The van der Waals surface area contributed by atoms with Crippen molar-refractivity contribution in [1.82, 2.24) is 25.2 Å². The Bertz CT molecular complexity index is 758. The zero-order valence-electron chi connectivity index (χ0n) is 15.6. The van der Waals surface area contributed by atoms with Gasteiger partial charge in [-0.15, -0.1) is 0 Å². The third kappa shape index (κ3) is 4.54. The second-order valence-corrected chi connectivity index (χ2v) is 6.76. The van der Waals surface area contributed by atoms with Gasteiger partial charge in [0.25, 0.3) is 0 Å². The fourth-order valence-electron chi connectivity index (χ4n) is 3.35. The summed E-state index contributed by atoms with van der Waals surface area (Å²) in [5, 5.41) is 6.13. The van der Waals surface area contributed by atoms with E-state index in [1.54, 1.807) is 7.05 Å². The van der Waals surface area contributed by atoms with Crippen molar-refractivity contribution in [1.29, 1.82) is 0 Å². The third-order valence-corrected chi connectivity index (χ3v) is 4.51. The molecule has 3 rings (SSSR count). The number of carbonyl (C=O) groups excluding carboxylic acids is 1. The van der Waals surface area contributed by atoms with Crippen LogP contribution in [-0.2, 0) is 4.79 Å². The lowest BCUT2D eigenvalue weighted by Gasteiger charge is -2.32. The van der Waals surface area contributed by atoms with Gasteiger partial charge in [-0.05, 0) is 51.9 Å². The molecule has 1 fully saturated rings. The molecule has 2 aromatic rings. The Morgan fingerprint density at radius 1 is 1.23 bits per heavy atom. The van der Waals surface area contributed by atoms with Gasteiger partial charge in [-0.25, -0.2) is 15.0 Å². The summed E-state index contributed by atoms with van der Waals surface area (Å²) in [5.74, 6) is 1.69. The quantitative estimate of drug-likeness (QED) is 0.856. The highest BCUT2D eigenvalue weighted by Crippen LogP contribution is 2.26. The first kappa shape index (κ1) is 18.3. The number of likely N-dealkylation sites (tertiary alicyclic amines) is 1. The first-order valence-corrected chi connectivity index (χ1v) is 9.04. The Kier molecular flexibility index (Phi) is 5.78. The van der Waals surface area contributed by atoms with E-state index < -0.39 is 0 Å². The van der Waals surface area contributed by atoms with Crippen LogP contribution in [0.5, 0.6) is 0 Å². The number of likely N-dealkylation sites (N-methyl/N-ethyl adjacent to an activating group) is 1. The number of aromatic nitrogens is 3. The zero-order chi connectivity index (χ0) is 18.5. The van der Waals surface area contributed by atoms with Gasteiger partial charge < -0.3 is 15.5 Å². The van der Waals surface area contributed by atoms with E-state index in [0.717, 1.165) is 48.8 Å². The van der Waals surface area contributed by atoms with Crippen LogP contribution in [0.1, 0.15) is 35.8 Å². The molecule has 7 heteroatoms. The SMILES string of the molecule is CNCC(=O)N1CCC[C@H](c2cccc(Nc3nc(C)cc(C)n3)n2)C1. The number of rotatable bonds is 5. The number of aryl methyl sites for hydroxylation is 2. The lowest BCUT2D eigenvalue weighted by atomic mass is 9.94. The topological polar surface area (TPSA) is 83.0 Å². The van der Waals surface area contributed by atoms with Gasteiger partial charge in [0.2, 0.25) is 11.9 Å². The van der Waals surface area contributed by atoms with Crippen LogP contribution in [0.4, 0.5) is 11.8 Å². The molecular formula is C19H26N6O. The molecule has 1 amide bonds. The number of anilines is 2. The monoisotopic (exact) mass is 354 g/mol. The molecule has 0 aliphatic carbocycles. The van der Waals surface area contributed by atoms with Crippen molar-refractivity contribution in [3.05, 3.63) is 41.3 Å². The molecule has 7 nitrogen and oxygen atoms in total. The summed E-state index contributed by atoms with van der Waals surface area (Å²) < 4.78 is 0. The van der Waals surface area contributed by atoms with Gasteiger partial charge >= 0.3 is 0 Å². The Hall–Kier alpha value is -2.54. The van der Waals surface area contributed by atoms with Gasteiger partial charge in [0.1, 0.15) is 5.82 Å². The fourth-order valence-corrected chi connectivity index (χ4v) is 3.35. The highest BCUT2D eigenvalue weighted by molar-refractivity contribution is 5.78. The molecule has 2 aromatic heterocycles. The normalized spacial score (nSPS) is 17.2. The molecular weight excluding hydrogens is 328 g/mol. The van der Waals surface area contributed by atoms with Crippen LogP contribution >= 0.6 is 0 Å². The molecule has 3 heterocycles. The second-order valence-electron chi connectivity index (χ2n) is 6.76. The molecule has 0 radical (unpaired) electrons. The lowest BCUT2D eigenvalue weighted by molar-refractivity contribution is -0.131. The summed E-state index contributed by atoms with van der Waals surface area (Å²) in [6.45, 7) is 5.82. The maximum atomic E-state index is 12.2. The van der Waals surface area contributed by atoms with E-state index in [0.29, 0.717) is 12.5 Å². The molecule has 1 atom stereocenters. The second kappa shape index (κ2) is 8.23. The number of nitrogens with zero attached hydrogens (tertiary/aromatic N) is 4. The van der Waals surface area contributed by atoms with E-state index in [4.69, 9.17) is 4.98 Å². The largest absolute Gasteiger partial charge is 0.341 e. The number of carbonyl (C=O) groups is 1. The van der Waals surface area contributed by atoms with Gasteiger partial charge in [0.05, 0.1) is 6.54 Å². The maximum Gasteiger partial charge on any atom is 0.236 e. The van der Waals surface area contributed by atoms with Crippen molar-refractivity contribution in [2.75, 3.05) is 32.0 Å². The number of piperidine rings is 1. The van der Waals surface area contributed by atoms with Crippen LogP contribution < -0.4 is 10.6 Å². The van der Waals surface area contributed by atoms with E-state index in [-0.39, 0.29) is 11.8 Å². The summed E-state index contributed by atoms with van der Waals surface area (Å²) in [5.41, 5.74) is 2.84. The number of hydrogen-bond donors (Lipinski definition) is 2. The summed E-state index contributed by atoms with van der Waals surface area (Å²) in [6, 6.07) is 7.87. The van der Waals surface area contributed by atoms with Gasteiger partial charge in [-0.2, -0.15) is 0 Å². The standard InChI is InChI=1S/C19H26N6O/c1-13-10-14(2)22-19(21-13)24-17-8-4-7-16(23-17)15-6-5-9-25(12-15)18(26)11-20-3/h4,7-8,10,15,20H,5-6,9,11-12H2,1-3H3,(H,21,22,23,24)/t15-/m0/s1. The minimum atomic E-state index is 0.148. The molecule has 1 aliphatic heterocycles. The van der Waals surface area contributed by atoms with Crippen LogP contribution in [0.2, 0.25) is 0 Å². The molecule has 0 aromatic carbocycles. The number of amides is 1. The molecule has 0 unspecified atom stereocenters. The molecule has 1 saturated heterocycles. The smallest absolute Gasteiger partial charge is 0.236 e. The number of pyridine rings is 1. The molecule has 1 aliphatic rings. The highest BCUT2D eigenvalue weighted by Gasteiger charge is 2.25. The van der Waals surface area contributed by atoms with Gasteiger partial charge in [0.15, 0.2) is 0 Å². The van der Waals surface area contributed by atoms with Gasteiger partial charge in [-0.3, -0.25) is 4.79 Å². The first-order valence-electron chi connectivity index (χ1n) is 9.04. The molecule has 2 N–H and O–H groups in total. The van der Waals surface area contributed by atoms with Crippen molar-refractivity contribution in [3.8, 4) is 0 Å². The summed E-state index contributed by atoms with van der Waals surface area (Å²) in [6.07, 6.45) is 2.04. The van der Waals surface area contributed by atoms with Crippen molar-refractivity contribution < 1.29 is 4.79 Å². The van der Waals surface area contributed by atoms with E-state index in [2.05, 4.69) is 20.6 Å². The first-order chi connectivity index (χ1) is 12.5. The Balaban J connectivity index is 1.73. The summed E-state index contributed by atoms with van der Waals surface area (Å²) >= 11 is 0. The Labute approximate surface area is 154 Å².